The van der Waals surface area contributed by atoms with E-state index in [1.807, 2.05) is 20.0 Å². The summed E-state index contributed by atoms with van der Waals surface area (Å²) >= 11 is 1.73. The third-order valence-electron chi connectivity index (χ3n) is 3.89. The maximum atomic E-state index is 12.9. The highest BCUT2D eigenvalue weighted by Crippen LogP contribution is 2.17. The van der Waals surface area contributed by atoms with Crippen LogP contribution in [0.15, 0.2) is 41.8 Å². The van der Waals surface area contributed by atoms with E-state index >= 15 is 0 Å². The summed E-state index contributed by atoms with van der Waals surface area (Å²) in [7, 11) is 1.96. The van der Waals surface area contributed by atoms with Gasteiger partial charge >= 0.3 is 0 Å². The van der Waals surface area contributed by atoms with E-state index in [-0.39, 0.29) is 23.7 Å². The quantitative estimate of drug-likeness (QED) is 0.751. The van der Waals surface area contributed by atoms with E-state index in [0.29, 0.717) is 5.56 Å². The second-order valence-corrected chi connectivity index (χ2v) is 6.38. The number of hydrogen-bond donors (Lipinski definition) is 0. The van der Waals surface area contributed by atoms with Crippen molar-refractivity contribution in [2.45, 2.75) is 32.4 Å². The molecule has 0 aliphatic rings. The normalized spacial score (nSPS) is 14.1. The highest BCUT2D eigenvalue weighted by Gasteiger charge is 2.23. The zero-order valence-corrected chi connectivity index (χ0v) is 13.4. The molecule has 0 spiro atoms. The van der Waals surface area contributed by atoms with E-state index < -0.39 is 0 Å². The zero-order chi connectivity index (χ0) is 15.4. The first-order valence-corrected chi connectivity index (χ1v) is 7.91. The van der Waals surface area contributed by atoms with Crippen LogP contribution in [0.25, 0.3) is 0 Å². The molecule has 0 aliphatic carbocycles. The fourth-order valence-corrected chi connectivity index (χ4v) is 3.11. The fraction of sp³-hybridized carbons (Fsp3) is 0.353. The van der Waals surface area contributed by atoms with Gasteiger partial charge in [0.25, 0.3) is 0 Å². The molecule has 0 saturated heterocycles. The van der Waals surface area contributed by atoms with E-state index in [0.717, 1.165) is 6.42 Å². The minimum absolute atomic E-state index is 0.0236. The molecule has 1 heterocycles. The van der Waals surface area contributed by atoms with Gasteiger partial charge in [-0.25, -0.2) is 4.39 Å². The number of hydrogen-bond acceptors (Lipinski definition) is 3. The van der Waals surface area contributed by atoms with Gasteiger partial charge in [0.1, 0.15) is 5.82 Å². The minimum Gasteiger partial charge on any atom is -0.294 e. The Balaban J connectivity index is 2.02. The molecular formula is C17H20FNOS. The van der Waals surface area contributed by atoms with Gasteiger partial charge in [-0.05, 0) is 63.0 Å². The number of rotatable bonds is 6. The molecule has 0 amide bonds. The van der Waals surface area contributed by atoms with Crippen LogP contribution in [0.1, 0.15) is 29.1 Å². The molecule has 0 radical (unpaired) electrons. The molecule has 1 aromatic heterocycles. The predicted molar refractivity (Wildman–Crippen MR) is 85.4 cm³/mol. The van der Waals surface area contributed by atoms with Crippen LogP contribution in [0.2, 0.25) is 0 Å². The van der Waals surface area contributed by atoms with Crippen molar-refractivity contribution in [3.05, 3.63) is 58.0 Å². The van der Waals surface area contributed by atoms with E-state index in [1.165, 1.54) is 17.0 Å². The van der Waals surface area contributed by atoms with Crippen LogP contribution >= 0.6 is 11.3 Å². The maximum Gasteiger partial charge on any atom is 0.179 e. The van der Waals surface area contributed by atoms with E-state index in [2.05, 4.69) is 23.3 Å². The zero-order valence-electron chi connectivity index (χ0n) is 12.5. The van der Waals surface area contributed by atoms with Gasteiger partial charge in [-0.15, -0.1) is 11.3 Å². The van der Waals surface area contributed by atoms with Gasteiger partial charge in [0.2, 0.25) is 0 Å². The molecule has 0 bridgehead atoms. The first-order chi connectivity index (χ1) is 9.99. The van der Waals surface area contributed by atoms with E-state index in [9.17, 15) is 9.18 Å². The third kappa shape index (κ3) is 3.99. The Kier molecular flexibility index (Phi) is 5.26. The van der Waals surface area contributed by atoms with E-state index in [1.54, 1.807) is 23.5 Å². The topological polar surface area (TPSA) is 20.3 Å². The lowest BCUT2D eigenvalue weighted by molar-refractivity contribution is 0.0826. The summed E-state index contributed by atoms with van der Waals surface area (Å²) in [6.45, 7) is 4.02. The number of nitrogens with zero attached hydrogens (tertiary/aromatic N) is 1. The smallest absolute Gasteiger partial charge is 0.179 e. The molecule has 0 aliphatic heterocycles. The maximum absolute atomic E-state index is 12.9. The highest BCUT2D eigenvalue weighted by molar-refractivity contribution is 7.09. The van der Waals surface area contributed by atoms with Crippen LogP contribution in [-0.4, -0.2) is 29.8 Å². The first-order valence-electron chi connectivity index (χ1n) is 7.03. The van der Waals surface area contributed by atoms with Gasteiger partial charge in [0, 0.05) is 16.5 Å². The van der Waals surface area contributed by atoms with E-state index in [4.69, 9.17) is 0 Å². The lowest BCUT2D eigenvalue weighted by Crippen LogP contribution is -2.42. The fourth-order valence-electron chi connectivity index (χ4n) is 2.29. The summed E-state index contributed by atoms with van der Waals surface area (Å²) in [6, 6.07) is 9.94. The number of thiophene rings is 1. The van der Waals surface area contributed by atoms with Crippen molar-refractivity contribution in [3.63, 3.8) is 0 Å². The van der Waals surface area contributed by atoms with Crippen molar-refractivity contribution in [3.8, 4) is 0 Å². The molecule has 2 unspecified atom stereocenters. The van der Waals surface area contributed by atoms with Crippen LogP contribution in [0.4, 0.5) is 4.39 Å². The van der Waals surface area contributed by atoms with Gasteiger partial charge in [0.05, 0.1) is 6.04 Å². The monoisotopic (exact) mass is 305 g/mol. The lowest BCUT2D eigenvalue weighted by Gasteiger charge is -2.29. The molecule has 1 aromatic carbocycles. The minimum atomic E-state index is -0.321. The molecule has 2 atom stereocenters. The summed E-state index contributed by atoms with van der Waals surface area (Å²) in [5.41, 5.74) is 0.555. The van der Waals surface area contributed by atoms with Gasteiger partial charge in [-0.2, -0.15) is 0 Å². The number of likely N-dealkylation sites (N-methyl/N-ethyl adjacent to an activating group) is 1. The Hall–Kier alpha value is -1.52. The molecule has 112 valence electrons. The molecule has 2 aromatic rings. The Labute approximate surface area is 129 Å². The number of benzene rings is 1. The average molecular weight is 305 g/mol. The molecule has 0 saturated carbocycles. The van der Waals surface area contributed by atoms with Crippen LogP contribution in [0.5, 0.6) is 0 Å². The summed E-state index contributed by atoms with van der Waals surface area (Å²) in [6.07, 6.45) is 0.926. The molecular weight excluding hydrogens is 285 g/mol. The SMILES string of the molecule is CC(Cc1cccs1)N(C)C(C)C(=O)c1ccc(F)cc1. The van der Waals surface area contributed by atoms with Crippen molar-refractivity contribution in [2.75, 3.05) is 7.05 Å². The summed E-state index contributed by atoms with van der Waals surface area (Å²) in [5, 5.41) is 2.06. The Morgan fingerprint density at radius 2 is 1.90 bits per heavy atom. The van der Waals surface area contributed by atoms with Gasteiger partial charge in [0.15, 0.2) is 5.78 Å². The van der Waals surface area contributed by atoms with Crippen LogP contribution in [0, 0.1) is 5.82 Å². The lowest BCUT2D eigenvalue weighted by atomic mass is 10.0. The van der Waals surface area contributed by atoms with Crippen molar-refractivity contribution >= 4 is 17.1 Å². The number of halogens is 1. The molecule has 2 rings (SSSR count). The molecule has 0 fully saturated rings. The highest BCUT2D eigenvalue weighted by atomic mass is 32.1. The van der Waals surface area contributed by atoms with Crippen LogP contribution < -0.4 is 0 Å². The molecule has 4 heteroatoms. The van der Waals surface area contributed by atoms with Gasteiger partial charge in [-0.3, -0.25) is 9.69 Å². The Morgan fingerprint density at radius 1 is 1.24 bits per heavy atom. The first kappa shape index (κ1) is 15.9. The third-order valence-corrected chi connectivity index (χ3v) is 4.79. The largest absolute Gasteiger partial charge is 0.294 e. The number of carbonyl (C=O) groups is 1. The van der Waals surface area contributed by atoms with Crippen molar-refractivity contribution in [2.24, 2.45) is 0 Å². The summed E-state index contributed by atoms with van der Waals surface area (Å²) in [4.78, 5) is 15.8. The van der Waals surface area contributed by atoms with Crippen molar-refractivity contribution < 1.29 is 9.18 Å². The number of carbonyl (C=O) groups excluding carboxylic acids is 1. The molecule has 2 nitrogen and oxygen atoms in total. The average Bonchev–Trinajstić information content (AvgIpc) is 2.98. The second kappa shape index (κ2) is 6.96. The Bertz CT molecular complexity index is 579. The predicted octanol–water partition coefficient (Wildman–Crippen LogP) is 4.02. The standard InChI is InChI=1S/C17H20FNOS/c1-12(11-16-5-4-10-21-16)19(3)13(2)17(20)14-6-8-15(18)9-7-14/h4-10,12-13H,11H2,1-3H3. The molecule has 0 N–H and O–H groups in total. The summed E-state index contributed by atoms with van der Waals surface area (Å²) in [5.74, 6) is -0.297. The Morgan fingerprint density at radius 3 is 2.48 bits per heavy atom. The van der Waals surface area contributed by atoms with Gasteiger partial charge in [-0.1, -0.05) is 6.07 Å². The second-order valence-electron chi connectivity index (χ2n) is 5.35. The summed E-state index contributed by atoms with van der Waals surface area (Å²) < 4.78 is 12.9. The number of ketones is 1. The van der Waals surface area contributed by atoms with Crippen molar-refractivity contribution in [1.29, 1.82) is 0 Å². The number of Topliss-reactive ketones (excluding diaryl/α,β-unsaturated/α-hetero) is 1. The van der Waals surface area contributed by atoms with Crippen LogP contribution in [0.3, 0.4) is 0 Å². The van der Waals surface area contributed by atoms with Crippen LogP contribution in [-0.2, 0) is 6.42 Å². The van der Waals surface area contributed by atoms with Gasteiger partial charge < -0.3 is 0 Å². The molecule has 21 heavy (non-hydrogen) atoms. The van der Waals surface area contributed by atoms with Crippen molar-refractivity contribution in [1.82, 2.24) is 4.90 Å².